The Hall–Kier alpha value is -2.77. The fourth-order valence-electron chi connectivity index (χ4n) is 2.56. The molecule has 0 radical (unpaired) electrons. The zero-order valence-corrected chi connectivity index (χ0v) is 10.7. The van der Waals surface area contributed by atoms with Crippen LogP contribution in [0.3, 0.4) is 0 Å². The van der Waals surface area contributed by atoms with E-state index in [9.17, 15) is 23.6 Å². The fraction of sp³-hybridized carbons (Fsp3) is 0.231. The molecule has 1 atom stereocenters. The van der Waals surface area contributed by atoms with Gasteiger partial charge in [0.25, 0.3) is 11.8 Å². The first kappa shape index (κ1) is 13.2. The van der Waals surface area contributed by atoms with Gasteiger partial charge in [-0.3, -0.25) is 29.4 Å². The van der Waals surface area contributed by atoms with Crippen LogP contribution in [0.15, 0.2) is 12.1 Å². The van der Waals surface area contributed by atoms with E-state index in [4.69, 9.17) is 5.73 Å². The van der Waals surface area contributed by atoms with Crippen LogP contribution in [-0.2, 0) is 9.59 Å². The zero-order chi connectivity index (χ0) is 15.3. The van der Waals surface area contributed by atoms with Gasteiger partial charge in [0.1, 0.15) is 11.9 Å². The van der Waals surface area contributed by atoms with E-state index in [-0.39, 0.29) is 24.0 Å². The SMILES string of the molecule is Nc1c(F)ccc2c1C(=O)N(C1CCC(=O)NC1=O)C2=O. The van der Waals surface area contributed by atoms with E-state index in [0.717, 1.165) is 17.0 Å². The van der Waals surface area contributed by atoms with Crippen LogP contribution in [-0.4, -0.2) is 34.6 Å². The number of rotatable bonds is 1. The van der Waals surface area contributed by atoms with Crippen LogP contribution in [0.2, 0.25) is 0 Å². The smallest absolute Gasteiger partial charge is 0.264 e. The molecule has 0 aromatic heterocycles. The lowest BCUT2D eigenvalue weighted by molar-refractivity contribution is -0.136. The van der Waals surface area contributed by atoms with Crippen molar-refractivity contribution in [3.05, 3.63) is 29.1 Å². The normalized spacial score (nSPS) is 21.6. The van der Waals surface area contributed by atoms with Gasteiger partial charge < -0.3 is 5.73 Å². The highest BCUT2D eigenvalue weighted by molar-refractivity contribution is 6.25. The molecule has 1 aromatic carbocycles. The average Bonchev–Trinajstić information content (AvgIpc) is 2.67. The quantitative estimate of drug-likeness (QED) is 0.550. The third kappa shape index (κ3) is 1.79. The van der Waals surface area contributed by atoms with Crippen LogP contribution < -0.4 is 11.1 Å². The van der Waals surface area contributed by atoms with Crippen molar-refractivity contribution in [2.24, 2.45) is 0 Å². The highest BCUT2D eigenvalue weighted by Crippen LogP contribution is 2.32. The van der Waals surface area contributed by atoms with Crippen molar-refractivity contribution in [1.82, 2.24) is 10.2 Å². The van der Waals surface area contributed by atoms with Gasteiger partial charge in [-0.25, -0.2) is 4.39 Å². The molecule has 7 nitrogen and oxygen atoms in total. The van der Waals surface area contributed by atoms with Gasteiger partial charge in [-0.05, 0) is 18.6 Å². The number of nitrogens with one attached hydrogen (secondary N) is 1. The van der Waals surface area contributed by atoms with Crippen molar-refractivity contribution in [1.29, 1.82) is 0 Å². The lowest BCUT2D eigenvalue weighted by Crippen LogP contribution is -2.54. The zero-order valence-electron chi connectivity index (χ0n) is 10.7. The first-order valence-electron chi connectivity index (χ1n) is 6.21. The van der Waals surface area contributed by atoms with Crippen molar-refractivity contribution in [3.63, 3.8) is 0 Å². The van der Waals surface area contributed by atoms with Gasteiger partial charge >= 0.3 is 0 Å². The standard InChI is InChI=1S/C13H10FN3O4/c14-6-2-1-5-9(10(6)15)13(21)17(12(5)20)7-3-4-8(18)16-11(7)19/h1-2,7H,3-4,15H2,(H,16,18,19). The third-order valence-corrected chi connectivity index (χ3v) is 3.60. The maximum atomic E-state index is 13.4. The summed E-state index contributed by atoms with van der Waals surface area (Å²) >= 11 is 0. The summed E-state index contributed by atoms with van der Waals surface area (Å²) in [5.41, 5.74) is 4.82. The Kier molecular flexibility index (Phi) is 2.75. The first-order chi connectivity index (χ1) is 9.91. The summed E-state index contributed by atoms with van der Waals surface area (Å²) in [4.78, 5) is 48.2. The highest BCUT2D eigenvalue weighted by Gasteiger charge is 2.45. The Balaban J connectivity index is 2.02. The number of carbonyl (C=O) groups excluding carboxylic acids is 4. The van der Waals surface area contributed by atoms with E-state index in [1.807, 2.05) is 0 Å². The van der Waals surface area contributed by atoms with Crippen molar-refractivity contribution < 1.29 is 23.6 Å². The molecule has 8 heteroatoms. The molecule has 1 saturated heterocycles. The predicted molar refractivity (Wildman–Crippen MR) is 67.5 cm³/mol. The number of imide groups is 2. The van der Waals surface area contributed by atoms with Crippen LogP contribution in [0.25, 0.3) is 0 Å². The number of benzene rings is 1. The second kappa shape index (κ2) is 4.37. The monoisotopic (exact) mass is 291 g/mol. The maximum Gasteiger partial charge on any atom is 0.264 e. The number of anilines is 1. The number of hydrogen-bond donors (Lipinski definition) is 2. The minimum atomic E-state index is -1.09. The van der Waals surface area contributed by atoms with Crippen molar-refractivity contribution in [2.45, 2.75) is 18.9 Å². The number of piperidine rings is 1. The summed E-state index contributed by atoms with van der Waals surface area (Å²) in [7, 11) is 0. The van der Waals surface area contributed by atoms with Gasteiger partial charge in [0.05, 0.1) is 16.8 Å². The number of nitrogen functional groups attached to an aromatic ring is 1. The summed E-state index contributed by atoms with van der Waals surface area (Å²) in [6, 6.07) is 1.07. The molecule has 108 valence electrons. The molecule has 2 heterocycles. The maximum absolute atomic E-state index is 13.4. The summed E-state index contributed by atoms with van der Waals surface area (Å²) in [5.74, 6) is -3.52. The lowest BCUT2D eigenvalue weighted by atomic mass is 10.0. The first-order valence-corrected chi connectivity index (χ1v) is 6.21. The predicted octanol–water partition coefficient (Wildman–Crippen LogP) is -0.191. The molecule has 3 N–H and O–H groups in total. The third-order valence-electron chi connectivity index (χ3n) is 3.60. The number of amides is 4. The topological polar surface area (TPSA) is 110 Å². The minimum Gasteiger partial charge on any atom is -0.396 e. The van der Waals surface area contributed by atoms with E-state index >= 15 is 0 Å². The molecule has 0 bridgehead atoms. The number of hydrogen-bond acceptors (Lipinski definition) is 5. The second-order valence-electron chi connectivity index (χ2n) is 4.83. The molecule has 1 aromatic rings. The molecule has 0 spiro atoms. The molecule has 1 unspecified atom stereocenters. The molecule has 0 saturated carbocycles. The molecule has 1 fully saturated rings. The Morgan fingerprint density at radius 3 is 2.57 bits per heavy atom. The van der Waals surface area contributed by atoms with Gasteiger partial charge in [0, 0.05) is 6.42 Å². The Bertz CT molecular complexity index is 716. The number of nitrogens with two attached hydrogens (primary N) is 1. The van der Waals surface area contributed by atoms with Crippen LogP contribution in [0.4, 0.5) is 10.1 Å². The summed E-state index contributed by atoms with van der Waals surface area (Å²) in [6.45, 7) is 0. The van der Waals surface area contributed by atoms with E-state index in [0.29, 0.717) is 0 Å². The fourth-order valence-corrected chi connectivity index (χ4v) is 2.56. The summed E-state index contributed by atoms with van der Waals surface area (Å²) in [6.07, 6.45) is 0.0617. The van der Waals surface area contributed by atoms with Gasteiger partial charge in [0.2, 0.25) is 11.8 Å². The van der Waals surface area contributed by atoms with Gasteiger partial charge in [-0.2, -0.15) is 0 Å². The summed E-state index contributed by atoms with van der Waals surface area (Å²) < 4.78 is 13.4. The van der Waals surface area contributed by atoms with E-state index in [1.165, 1.54) is 0 Å². The Morgan fingerprint density at radius 2 is 1.90 bits per heavy atom. The molecule has 3 rings (SSSR count). The molecular weight excluding hydrogens is 281 g/mol. The van der Waals surface area contributed by atoms with E-state index in [1.54, 1.807) is 0 Å². The van der Waals surface area contributed by atoms with Gasteiger partial charge in [0.15, 0.2) is 0 Å². The molecular formula is C13H10FN3O4. The molecule has 2 aliphatic rings. The molecule has 21 heavy (non-hydrogen) atoms. The number of nitrogens with zero attached hydrogens (tertiary/aromatic N) is 1. The minimum absolute atomic E-state index is 0.0215. The van der Waals surface area contributed by atoms with Crippen molar-refractivity contribution in [2.75, 3.05) is 5.73 Å². The van der Waals surface area contributed by atoms with Gasteiger partial charge in [-0.15, -0.1) is 0 Å². The van der Waals surface area contributed by atoms with Crippen LogP contribution in [0, 0.1) is 5.82 Å². The highest BCUT2D eigenvalue weighted by atomic mass is 19.1. The molecule has 2 aliphatic heterocycles. The molecule has 0 aliphatic carbocycles. The number of fused-ring (bicyclic) bond motifs is 1. The van der Waals surface area contributed by atoms with Crippen LogP contribution in [0.1, 0.15) is 33.6 Å². The van der Waals surface area contributed by atoms with E-state index < -0.39 is 41.2 Å². The lowest BCUT2D eigenvalue weighted by Gasteiger charge is -2.27. The average molecular weight is 291 g/mol. The second-order valence-corrected chi connectivity index (χ2v) is 4.83. The van der Waals surface area contributed by atoms with Crippen LogP contribution >= 0.6 is 0 Å². The van der Waals surface area contributed by atoms with E-state index in [2.05, 4.69) is 5.32 Å². The van der Waals surface area contributed by atoms with Crippen LogP contribution in [0.5, 0.6) is 0 Å². The van der Waals surface area contributed by atoms with Gasteiger partial charge in [-0.1, -0.05) is 0 Å². The largest absolute Gasteiger partial charge is 0.396 e. The van der Waals surface area contributed by atoms with Crippen molar-refractivity contribution >= 4 is 29.3 Å². The van der Waals surface area contributed by atoms with Crippen molar-refractivity contribution in [3.8, 4) is 0 Å². The summed E-state index contributed by atoms with van der Waals surface area (Å²) in [5, 5.41) is 2.07. The Labute approximate surface area is 117 Å². The molecule has 4 amide bonds. The Morgan fingerprint density at radius 1 is 1.19 bits per heavy atom. The number of halogens is 1. The number of carbonyl (C=O) groups is 4.